The van der Waals surface area contributed by atoms with Crippen LogP contribution < -0.4 is 4.90 Å². The van der Waals surface area contributed by atoms with E-state index in [0.717, 1.165) is 28.6 Å². The summed E-state index contributed by atoms with van der Waals surface area (Å²) in [4.78, 5) is 24.3. The molecule has 0 saturated heterocycles. The van der Waals surface area contributed by atoms with Crippen molar-refractivity contribution >= 4 is 50.2 Å². The van der Waals surface area contributed by atoms with Crippen molar-refractivity contribution in [1.29, 1.82) is 0 Å². The quantitative estimate of drug-likeness (QED) is 0.241. The zero-order valence-electron chi connectivity index (χ0n) is 17.1. The summed E-state index contributed by atoms with van der Waals surface area (Å²) in [5, 5.41) is 1.22. The van der Waals surface area contributed by atoms with Crippen molar-refractivity contribution in [2.75, 3.05) is 17.2 Å². The van der Waals surface area contributed by atoms with Gasteiger partial charge in [-0.25, -0.2) is 14.4 Å². The molecule has 1 aliphatic heterocycles. The van der Waals surface area contributed by atoms with E-state index in [2.05, 4.69) is 27.0 Å². The van der Waals surface area contributed by atoms with Gasteiger partial charge in [0, 0.05) is 27.7 Å². The third-order valence-electron chi connectivity index (χ3n) is 5.47. The predicted octanol–water partition coefficient (Wildman–Crippen LogP) is 6.27. The molecule has 0 bridgehead atoms. The van der Waals surface area contributed by atoms with Gasteiger partial charge in [-0.2, -0.15) is 0 Å². The molecule has 5 rings (SSSR count). The molecular formula is C25H19BrFN3OS. The van der Waals surface area contributed by atoms with Crippen molar-refractivity contribution < 1.29 is 9.18 Å². The Kier molecular flexibility index (Phi) is 5.93. The standard InChI is InChI=1S/C25H19BrFN3OS/c26-18-9-7-17(8-10-18)24-28-21-12-11-19(27)14-20(21)25(29-24)32-15-23(31)30-13-3-5-16-4-1-2-6-22(16)30/h1-2,4,6-12,14H,3,5,13,15H2. The maximum atomic E-state index is 14.0. The van der Waals surface area contributed by atoms with Crippen LogP contribution in [0.15, 0.2) is 76.2 Å². The molecule has 7 heteroatoms. The van der Waals surface area contributed by atoms with Gasteiger partial charge >= 0.3 is 0 Å². The van der Waals surface area contributed by atoms with E-state index in [9.17, 15) is 9.18 Å². The molecule has 0 N–H and O–H groups in total. The number of aromatic nitrogens is 2. The number of anilines is 1. The van der Waals surface area contributed by atoms with Gasteiger partial charge in [-0.05, 0) is 54.8 Å². The molecule has 4 aromatic rings. The van der Waals surface area contributed by atoms with Gasteiger partial charge in [-0.1, -0.05) is 58.0 Å². The maximum Gasteiger partial charge on any atom is 0.237 e. The van der Waals surface area contributed by atoms with Crippen molar-refractivity contribution in [3.8, 4) is 11.4 Å². The number of carbonyl (C=O) groups excluding carboxylic acids is 1. The summed E-state index contributed by atoms with van der Waals surface area (Å²) >= 11 is 4.77. The largest absolute Gasteiger partial charge is 0.311 e. The molecule has 0 unspecified atom stereocenters. The van der Waals surface area contributed by atoms with Crippen molar-refractivity contribution in [3.63, 3.8) is 0 Å². The minimum absolute atomic E-state index is 0.0236. The maximum absolute atomic E-state index is 14.0. The molecule has 1 aromatic heterocycles. The van der Waals surface area contributed by atoms with E-state index in [1.165, 1.54) is 29.5 Å². The molecule has 160 valence electrons. The van der Waals surface area contributed by atoms with Gasteiger partial charge in [0.1, 0.15) is 10.8 Å². The number of hydrogen-bond donors (Lipinski definition) is 0. The third-order valence-corrected chi connectivity index (χ3v) is 6.97. The number of hydrogen-bond acceptors (Lipinski definition) is 4. The Labute approximate surface area is 198 Å². The van der Waals surface area contributed by atoms with E-state index in [1.807, 2.05) is 47.4 Å². The van der Waals surface area contributed by atoms with Crippen LogP contribution in [0.25, 0.3) is 22.3 Å². The SMILES string of the molecule is O=C(CSc1nc(-c2ccc(Br)cc2)nc2ccc(F)cc12)N1CCCc2ccccc21. The number of fused-ring (bicyclic) bond motifs is 2. The van der Waals surface area contributed by atoms with Gasteiger partial charge in [0.25, 0.3) is 0 Å². The Morgan fingerprint density at radius 3 is 2.72 bits per heavy atom. The highest BCUT2D eigenvalue weighted by molar-refractivity contribution is 9.10. The number of benzene rings is 3. The minimum Gasteiger partial charge on any atom is -0.311 e. The lowest BCUT2D eigenvalue weighted by molar-refractivity contribution is -0.116. The number of rotatable bonds is 4. The average molecular weight is 508 g/mol. The Morgan fingerprint density at radius 1 is 1.06 bits per heavy atom. The second-order valence-electron chi connectivity index (χ2n) is 7.59. The molecule has 3 aromatic carbocycles. The van der Waals surface area contributed by atoms with Crippen molar-refractivity contribution in [2.24, 2.45) is 0 Å². The van der Waals surface area contributed by atoms with Crippen LogP contribution in [0.3, 0.4) is 0 Å². The van der Waals surface area contributed by atoms with Crippen LogP contribution in [-0.4, -0.2) is 28.2 Å². The van der Waals surface area contributed by atoms with Crippen LogP contribution >= 0.6 is 27.7 Å². The fourth-order valence-electron chi connectivity index (χ4n) is 3.91. The number of halogens is 2. The second kappa shape index (κ2) is 9.00. The van der Waals surface area contributed by atoms with E-state index in [-0.39, 0.29) is 17.5 Å². The summed E-state index contributed by atoms with van der Waals surface area (Å²) < 4.78 is 15.0. The highest BCUT2D eigenvalue weighted by atomic mass is 79.9. The van der Waals surface area contributed by atoms with Crippen molar-refractivity contribution in [2.45, 2.75) is 17.9 Å². The minimum atomic E-state index is -0.351. The number of thioether (sulfide) groups is 1. The number of amides is 1. The Balaban J connectivity index is 1.46. The summed E-state index contributed by atoms with van der Waals surface area (Å²) in [6, 6.07) is 20.2. The summed E-state index contributed by atoms with van der Waals surface area (Å²) in [6.45, 7) is 0.708. The smallest absolute Gasteiger partial charge is 0.237 e. The van der Waals surface area contributed by atoms with Crippen molar-refractivity contribution in [1.82, 2.24) is 9.97 Å². The molecule has 0 fully saturated rings. The number of aryl methyl sites for hydroxylation is 1. The first kappa shape index (κ1) is 21.1. The Bertz CT molecular complexity index is 1310. The molecule has 32 heavy (non-hydrogen) atoms. The molecule has 0 spiro atoms. The first-order chi connectivity index (χ1) is 15.6. The predicted molar refractivity (Wildman–Crippen MR) is 130 cm³/mol. The highest BCUT2D eigenvalue weighted by Crippen LogP contribution is 2.31. The second-order valence-corrected chi connectivity index (χ2v) is 9.47. The van der Waals surface area contributed by atoms with Crippen LogP contribution in [0.5, 0.6) is 0 Å². The summed E-state index contributed by atoms with van der Waals surface area (Å²) in [7, 11) is 0. The fourth-order valence-corrected chi connectivity index (χ4v) is 5.06. The molecule has 0 saturated carbocycles. The van der Waals surface area contributed by atoms with E-state index >= 15 is 0 Å². The molecular weight excluding hydrogens is 489 g/mol. The van der Waals surface area contributed by atoms with Crippen LogP contribution in [-0.2, 0) is 11.2 Å². The van der Waals surface area contributed by atoms with E-state index in [0.29, 0.717) is 28.3 Å². The van der Waals surface area contributed by atoms with Crippen LogP contribution in [0.4, 0.5) is 10.1 Å². The van der Waals surface area contributed by atoms with Gasteiger partial charge in [0.15, 0.2) is 5.82 Å². The fraction of sp³-hybridized carbons (Fsp3) is 0.160. The van der Waals surface area contributed by atoms with E-state index < -0.39 is 0 Å². The summed E-state index contributed by atoms with van der Waals surface area (Å²) in [5.74, 6) is 0.442. The third kappa shape index (κ3) is 4.27. The average Bonchev–Trinajstić information content (AvgIpc) is 2.82. The molecule has 1 aliphatic rings. The van der Waals surface area contributed by atoms with Gasteiger partial charge in [0.05, 0.1) is 11.3 Å². The van der Waals surface area contributed by atoms with Gasteiger partial charge < -0.3 is 4.90 Å². The van der Waals surface area contributed by atoms with Gasteiger partial charge in [0.2, 0.25) is 5.91 Å². The lowest BCUT2D eigenvalue weighted by atomic mass is 10.0. The van der Waals surface area contributed by atoms with Crippen LogP contribution in [0.2, 0.25) is 0 Å². The van der Waals surface area contributed by atoms with Gasteiger partial charge in [-0.15, -0.1) is 0 Å². The van der Waals surface area contributed by atoms with Crippen LogP contribution in [0.1, 0.15) is 12.0 Å². The topological polar surface area (TPSA) is 46.1 Å². The molecule has 1 amide bonds. The molecule has 0 atom stereocenters. The monoisotopic (exact) mass is 507 g/mol. The number of carbonyl (C=O) groups is 1. The van der Waals surface area contributed by atoms with Crippen molar-refractivity contribution in [3.05, 3.63) is 82.6 Å². The molecule has 4 nitrogen and oxygen atoms in total. The summed E-state index contributed by atoms with van der Waals surface area (Å²) in [6.07, 6.45) is 1.93. The van der Waals surface area contributed by atoms with Gasteiger partial charge in [-0.3, -0.25) is 4.79 Å². The first-order valence-corrected chi connectivity index (χ1v) is 12.1. The van der Waals surface area contributed by atoms with E-state index in [1.54, 1.807) is 6.07 Å². The molecule has 2 heterocycles. The number of nitrogens with zero attached hydrogens (tertiary/aromatic N) is 3. The normalized spacial score (nSPS) is 13.2. The Morgan fingerprint density at radius 2 is 1.88 bits per heavy atom. The zero-order valence-corrected chi connectivity index (χ0v) is 19.5. The van der Waals surface area contributed by atoms with E-state index in [4.69, 9.17) is 4.98 Å². The zero-order chi connectivity index (χ0) is 22.1. The molecule has 0 radical (unpaired) electrons. The lowest BCUT2D eigenvalue weighted by Gasteiger charge is -2.29. The summed E-state index contributed by atoms with van der Waals surface area (Å²) in [5.41, 5.74) is 3.69. The first-order valence-electron chi connectivity index (χ1n) is 10.3. The molecule has 0 aliphatic carbocycles. The van der Waals surface area contributed by atoms with Crippen LogP contribution in [0, 0.1) is 5.82 Å². The Hall–Kier alpha value is -2.77. The lowest BCUT2D eigenvalue weighted by Crippen LogP contribution is -2.36. The number of para-hydroxylation sites is 1. The highest BCUT2D eigenvalue weighted by Gasteiger charge is 2.23.